The Hall–Kier alpha value is -3.51. The molecule has 0 bridgehead atoms. The smallest absolute Gasteiger partial charge is 0.258 e. The average molecular weight is 459 g/mol. The fraction of sp³-hybridized carbons (Fsp3) is 0.231. The number of nitrogens with zero attached hydrogens (tertiary/aromatic N) is 3. The van der Waals surface area contributed by atoms with Crippen LogP contribution in [0.5, 0.6) is 0 Å². The summed E-state index contributed by atoms with van der Waals surface area (Å²) in [5.74, 6) is -0.109. The lowest BCUT2D eigenvalue weighted by Crippen LogP contribution is -2.26. The number of carbonyl (C=O) groups is 1. The van der Waals surface area contributed by atoms with Gasteiger partial charge in [0, 0.05) is 34.7 Å². The van der Waals surface area contributed by atoms with E-state index in [4.69, 9.17) is 11.6 Å². The first-order valence-corrected chi connectivity index (χ1v) is 11.4. The fourth-order valence-corrected chi connectivity index (χ4v) is 4.35. The molecule has 166 valence electrons. The highest BCUT2D eigenvalue weighted by Crippen LogP contribution is 2.32. The fourth-order valence-electron chi connectivity index (χ4n) is 4.13. The van der Waals surface area contributed by atoms with Gasteiger partial charge in [0.1, 0.15) is 5.69 Å². The zero-order valence-electron chi connectivity index (χ0n) is 18.4. The molecule has 2 aromatic carbocycles. The van der Waals surface area contributed by atoms with Gasteiger partial charge in [0.2, 0.25) is 0 Å². The zero-order valence-corrected chi connectivity index (χ0v) is 19.2. The van der Waals surface area contributed by atoms with Gasteiger partial charge in [-0.15, -0.1) is 5.10 Å². The summed E-state index contributed by atoms with van der Waals surface area (Å²) in [6.07, 6.45) is 3.69. The maximum atomic E-state index is 13.7. The second kappa shape index (κ2) is 8.45. The molecule has 6 nitrogen and oxygen atoms in total. The van der Waals surface area contributed by atoms with Crippen LogP contribution in [-0.2, 0) is 6.54 Å². The highest BCUT2D eigenvalue weighted by molar-refractivity contribution is 6.33. The average Bonchev–Trinajstić information content (AvgIpc) is 3.63. The number of rotatable bonds is 5. The Labute approximate surface area is 196 Å². The SMILES string of the molecule is CCn1c(=O)c(-c2cc(C(=O)NC3CC3)ccc2C)cc2cnnc(-c3ccccc3Cl)c21. The molecule has 1 aliphatic carbocycles. The van der Waals surface area contributed by atoms with Crippen molar-refractivity contribution in [1.29, 1.82) is 0 Å². The Morgan fingerprint density at radius 1 is 1.12 bits per heavy atom. The molecule has 0 aliphatic heterocycles. The maximum absolute atomic E-state index is 13.7. The van der Waals surface area contributed by atoms with Gasteiger partial charge >= 0.3 is 0 Å². The third-order valence-electron chi connectivity index (χ3n) is 6.05. The molecule has 1 aliphatic rings. The number of pyridine rings is 1. The first-order valence-electron chi connectivity index (χ1n) is 11.0. The summed E-state index contributed by atoms with van der Waals surface area (Å²) in [5.41, 5.74) is 4.58. The normalized spacial score (nSPS) is 13.3. The number of hydrogen-bond donors (Lipinski definition) is 1. The van der Waals surface area contributed by atoms with Gasteiger partial charge in [-0.05, 0) is 62.1 Å². The van der Waals surface area contributed by atoms with E-state index in [9.17, 15) is 9.59 Å². The number of halogens is 1. The Morgan fingerprint density at radius 2 is 1.91 bits per heavy atom. The predicted molar refractivity (Wildman–Crippen MR) is 131 cm³/mol. The number of amides is 1. The lowest BCUT2D eigenvalue weighted by Gasteiger charge is -2.16. The lowest BCUT2D eigenvalue weighted by atomic mass is 9.97. The second-order valence-corrected chi connectivity index (χ2v) is 8.77. The van der Waals surface area contributed by atoms with Crippen molar-refractivity contribution in [2.45, 2.75) is 39.3 Å². The van der Waals surface area contributed by atoms with Crippen LogP contribution in [0.2, 0.25) is 5.02 Å². The van der Waals surface area contributed by atoms with Gasteiger partial charge in [0.05, 0.1) is 16.7 Å². The van der Waals surface area contributed by atoms with Gasteiger partial charge in [-0.3, -0.25) is 9.59 Å². The zero-order chi connectivity index (χ0) is 23.1. The van der Waals surface area contributed by atoms with Crippen LogP contribution in [0.25, 0.3) is 33.3 Å². The van der Waals surface area contributed by atoms with E-state index in [2.05, 4.69) is 15.5 Å². The predicted octanol–water partition coefficient (Wildman–Crippen LogP) is 5.00. The van der Waals surface area contributed by atoms with Crippen LogP contribution in [0.15, 0.2) is 59.5 Å². The van der Waals surface area contributed by atoms with Crippen LogP contribution in [0.1, 0.15) is 35.7 Å². The summed E-state index contributed by atoms with van der Waals surface area (Å²) in [4.78, 5) is 26.3. The van der Waals surface area contributed by atoms with Crippen LogP contribution in [0, 0.1) is 6.92 Å². The summed E-state index contributed by atoms with van der Waals surface area (Å²) in [6, 6.07) is 15.0. The Kier molecular flexibility index (Phi) is 5.46. The summed E-state index contributed by atoms with van der Waals surface area (Å²) in [5, 5.41) is 12.9. The van der Waals surface area contributed by atoms with Gasteiger partial charge in [0.25, 0.3) is 11.5 Å². The molecule has 33 heavy (non-hydrogen) atoms. The first kappa shape index (κ1) is 21.3. The number of nitrogens with one attached hydrogen (secondary N) is 1. The molecule has 2 aromatic heterocycles. The summed E-state index contributed by atoms with van der Waals surface area (Å²) >= 11 is 6.44. The number of aromatic nitrogens is 3. The number of benzene rings is 2. The largest absolute Gasteiger partial charge is 0.349 e. The topological polar surface area (TPSA) is 76.9 Å². The molecule has 7 heteroatoms. The Morgan fingerprint density at radius 3 is 2.64 bits per heavy atom. The lowest BCUT2D eigenvalue weighted by molar-refractivity contribution is 0.0951. The van der Waals surface area contributed by atoms with E-state index in [-0.39, 0.29) is 17.5 Å². The molecule has 1 N–H and O–H groups in total. The molecule has 2 heterocycles. The van der Waals surface area contributed by atoms with E-state index in [0.717, 1.165) is 34.9 Å². The number of hydrogen-bond acceptors (Lipinski definition) is 4. The molecule has 1 fully saturated rings. The van der Waals surface area contributed by atoms with Crippen LogP contribution >= 0.6 is 11.6 Å². The summed E-state index contributed by atoms with van der Waals surface area (Å²) < 4.78 is 1.70. The molecule has 0 spiro atoms. The third kappa shape index (κ3) is 3.91. The number of fused-ring (bicyclic) bond motifs is 1. The monoisotopic (exact) mass is 458 g/mol. The Bertz CT molecular complexity index is 1460. The minimum absolute atomic E-state index is 0.109. The highest BCUT2D eigenvalue weighted by atomic mass is 35.5. The van der Waals surface area contributed by atoms with Gasteiger partial charge in [-0.2, -0.15) is 5.10 Å². The van der Waals surface area contributed by atoms with E-state index < -0.39 is 0 Å². The van der Waals surface area contributed by atoms with Gasteiger partial charge < -0.3 is 9.88 Å². The highest BCUT2D eigenvalue weighted by Gasteiger charge is 2.24. The van der Waals surface area contributed by atoms with Gasteiger partial charge in [-0.1, -0.05) is 35.9 Å². The molecule has 5 rings (SSSR count). The van der Waals surface area contributed by atoms with Crippen LogP contribution < -0.4 is 10.9 Å². The van der Waals surface area contributed by atoms with E-state index >= 15 is 0 Å². The van der Waals surface area contributed by atoms with Crippen LogP contribution in [0.4, 0.5) is 0 Å². The Balaban J connectivity index is 1.72. The summed E-state index contributed by atoms with van der Waals surface area (Å²) in [6.45, 7) is 4.32. The molecule has 1 amide bonds. The molecule has 0 radical (unpaired) electrons. The van der Waals surface area contributed by atoms with Crippen LogP contribution in [0.3, 0.4) is 0 Å². The molecular weight excluding hydrogens is 436 g/mol. The third-order valence-corrected chi connectivity index (χ3v) is 6.37. The van der Waals surface area contributed by atoms with E-state index in [1.165, 1.54) is 0 Å². The minimum atomic E-state index is -0.144. The first-order chi connectivity index (χ1) is 16.0. The molecule has 0 saturated heterocycles. The second-order valence-electron chi connectivity index (χ2n) is 8.36. The van der Waals surface area contributed by atoms with Gasteiger partial charge in [-0.25, -0.2) is 0 Å². The van der Waals surface area contributed by atoms with Crippen molar-refractivity contribution in [2.24, 2.45) is 0 Å². The van der Waals surface area contributed by atoms with Crippen molar-refractivity contribution in [3.8, 4) is 22.4 Å². The van der Waals surface area contributed by atoms with E-state index in [1.54, 1.807) is 29.0 Å². The standard InChI is InChI=1S/C26H23ClN4O2/c1-3-31-24-17(14-28-30-23(24)19-6-4-5-7-22(19)27)13-21(26(31)33)20-12-16(9-8-15(20)2)25(32)29-18-10-11-18/h4-9,12-14,18H,3,10-11H2,1-2H3,(H,29,32). The molecule has 0 atom stereocenters. The maximum Gasteiger partial charge on any atom is 0.258 e. The molecule has 0 unspecified atom stereocenters. The van der Waals surface area contributed by atoms with Gasteiger partial charge in [0.15, 0.2) is 0 Å². The van der Waals surface area contributed by atoms with Crippen molar-refractivity contribution in [2.75, 3.05) is 0 Å². The van der Waals surface area contributed by atoms with Crippen molar-refractivity contribution < 1.29 is 4.79 Å². The van der Waals surface area contributed by atoms with Crippen molar-refractivity contribution in [3.05, 3.63) is 81.2 Å². The molecule has 1 saturated carbocycles. The van der Waals surface area contributed by atoms with Crippen molar-refractivity contribution >= 4 is 28.4 Å². The number of aryl methyl sites for hydroxylation is 2. The summed E-state index contributed by atoms with van der Waals surface area (Å²) in [7, 11) is 0. The van der Waals surface area contributed by atoms with Crippen LogP contribution in [-0.4, -0.2) is 26.7 Å². The quantitative estimate of drug-likeness (QED) is 0.456. The van der Waals surface area contributed by atoms with E-state index in [1.807, 2.05) is 44.2 Å². The van der Waals surface area contributed by atoms with E-state index in [0.29, 0.717) is 33.9 Å². The van der Waals surface area contributed by atoms with Crippen molar-refractivity contribution in [1.82, 2.24) is 20.1 Å². The molecule has 4 aromatic rings. The van der Waals surface area contributed by atoms with Crippen molar-refractivity contribution in [3.63, 3.8) is 0 Å². The minimum Gasteiger partial charge on any atom is -0.349 e. The molecular formula is C26H23ClN4O2. The number of carbonyl (C=O) groups excluding carboxylic acids is 1.